The van der Waals surface area contributed by atoms with Crippen molar-refractivity contribution >= 4 is 28.8 Å². The summed E-state index contributed by atoms with van der Waals surface area (Å²) in [5.74, 6) is -3.13. The highest BCUT2D eigenvalue weighted by Gasteiger charge is 2.45. The molecule has 0 fully saturated rings. The number of allylic oxidation sites excluding steroid dienone is 3. The summed E-state index contributed by atoms with van der Waals surface area (Å²) in [5, 5.41) is 21.4. The third kappa shape index (κ3) is 3.80. The molecule has 0 saturated carbocycles. The molecular weight excluding hydrogens is 466 g/mol. The second kappa shape index (κ2) is 8.22. The first-order valence-corrected chi connectivity index (χ1v) is 10.7. The van der Waals surface area contributed by atoms with Gasteiger partial charge in [0.2, 0.25) is 0 Å². The molecule has 0 spiro atoms. The van der Waals surface area contributed by atoms with Crippen molar-refractivity contribution in [3.63, 3.8) is 0 Å². The summed E-state index contributed by atoms with van der Waals surface area (Å²) in [4.78, 5) is 25.5. The molecule has 7 nitrogen and oxygen atoms in total. The second-order valence-electron chi connectivity index (χ2n) is 9.04. The SMILES string of the molecule is CC1(C)CC(=O)C2=C(C1)N(c1ccc(F)cc1F)C(N)=C(C#N)C2c1ccc(Cl)c([N+](=O)[O-])c1. The quantitative estimate of drug-likeness (QED) is 0.456. The molecule has 174 valence electrons. The van der Waals surface area contributed by atoms with Gasteiger partial charge in [-0.05, 0) is 35.6 Å². The van der Waals surface area contributed by atoms with Crippen LogP contribution in [0.4, 0.5) is 20.2 Å². The van der Waals surface area contributed by atoms with Gasteiger partial charge in [0.15, 0.2) is 5.78 Å². The van der Waals surface area contributed by atoms with E-state index in [1.54, 1.807) is 0 Å². The molecule has 2 N–H and O–H groups in total. The van der Waals surface area contributed by atoms with E-state index >= 15 is 0 Å². The number of carbonyl (C=O) groups is 1. The third-order valence-corrected chi connectivity index (χ3v) is 6.35. The molecule has 0 amide bonds. The maximum absolute atomic E-state index is 14.9. The molecule has 0 aromatic heterocycles. The van der Waals surface area contributed by atoms with Crippen molar-refractivity contribution in [3.05, 3.63) is 91.4 Å². The van der Waals surface area contributed by atoms with Gasteiger partial charge in [0.1, 0.15) is 22.5 Å². The van der Waals surface area contributed by atoms with Crippen LogP contribution in [0.15, 0.2) is 59.1 Å². The Morgan fingerprint density at radius 2 is 1.94 bits per heavy atom. The Bertz CT molecular complexity index is 1360. The molecule has 0 radical (unpaired) electrons. The fraction of sp³-hybridized carbons (Fsp3) is 0.250. The number of Topliss-reactive ketones (excluding diaryl/α,β-unsaturated/α-hetero) is 1. The first-order valence-electron chi connectivity index (χ1n) is 10.3. The molecular formula is C24H19ClF2N4O3. The van der Waals surface area contributed by atoms with E-state index in [-0.39, 0.29) is 51.1 Å². The summed E-state index contributed by atoms with van der Waals surface area (Å²) in [6.07, 6.45) is 0.451. The van der Waals surface area contributed by atoms with Gasteiger partial charge in [-0.15, -0.1) is 0 Å². The number of benzene rings is 2. The van der Waals surface area contributed by atoms with Crippen LogP contribution in [-0.4, -0.2) is 10.7 Å². The molecule has 1 atom stereocenters. The fourth-order valence-corrected chi connectivity index (χ4v) is 4.82. The molecule has 0 bridgehead atoms. The molecule has 0 saturated heterocycles. The number of ketones is 1. The maximum atomic E-state index is 14.9. The summed E-state index contributed by atoms with van der Waals surface area (Å²) in [6, 6.07) is 8.97. The molecule has 2 aliphatic rings. The van der Waals surface area contributed by atoms with Gasteiger partial charge in [0.25, 0.3) is 5.69 Å². The topological polar surface area (TPSA) is 113 Å². The number of hydrogen-bond donors (Lipinski definition) is 1. The van der Waals surface area contributed by atoms with Crippen molar-refractivity contribution in [2.75, 3.05) is 4.90 Å². The van der Waals surface area contributed by atoms with Gasteiger partial charge in [-0.2, -0.15) is 5.26 Å². The number of nitriles is 1. The predicted octanol–water partition coefficient (Wildman–Crippen LogP) is 5.47. The largest absolute Gasteiger partial charge is 0.384 e. The van der Waals surface area contributed by atoms with Gasteiger partial charge >= 0.3 is 0 Å². The smallest absolute Gasteiger partial charge is 0.288 e. The number of rotatable bonds is 3. The normalized spacial score (nSPS) is 19.7. The van der Waals surface area contributed by atoms with Gasteiger partial charge in [0, 0.05) is 29.8 Å². The van der Waals surface area contributed by atoms with E-state index in [1.807, 2.05) is 19.9 Å². The molecule has 1 aliphatic carbocycles. The number of nitro benzene ring substituents is 1. The van der Waals surface area contributed by atoms with Crippen LogP contribution >= 0.6 is 11.6 Å². The Labute approximate surface area is 198 Å². The van der Waals surface area contributed by atoms with Crippen molar-refractivity contribution < 1.29 is 18.5 Å². The average Bonchev–Trinajstić information content (AvgIpc) is 2.73. The van der Waals surface area contributed by atoms with Crippen LogP contribution in [0, 0.1) is 38.5 Å². The van der Waals surface area contributed by atoms with Crippen LogP contribution in [0.5, 0.6) is 0 Å². The molecule has 10 heteroatoms. The molecule has 34 heavy (non-hydrogen) atoms. The van der Waals surface area contributed by atoms with Gasteiger partial charge < -0.3 is 5.73 Å². The highest BCUT2D eigenvalue weighted by Crippen LogP contribution is 2.51. The van der Waals surface area contributed by atoms with Crippen LogP contribution < -0.4 is 10.6 Å². The van der Waals surface area contributed by atoms with Crippen LogP contribution in [0.25, 0.3) is 0 Å². The molecule has 1 unspecified atom stereocenters. The molecule has 2 aromatic carbocycles. The summed E-state index contributed by atoms with van der Waals surface area (Å²) < 4.78 is 28.5. The van der Waals surface area contributed by atoms with Crippen LogP contribution in [-0.2, 0) is 4.79 Å². The number of nitrogens with two attached hydrogens (primary N) is 1. The van der Waals surface area contributed by atoms with E-state index in [9.17, 15) is 29.0 Å². The van der Waals surface area contributed by atoms with Crippen LogP contribution in [0.1, 0.15) is 38.2 Å². The van der Waals surface area contributed by atoms with Gasteiger partial charge in [-0.25, -0.2) is 8.78 Å². The number of nitro groups is 1. The van der Waals surface area contributed by atoms with Crippen molar-refractivity contribution in [1.29, 1.82) is 5.26 Å². The summed E-state index contributed by atoms with van der Waals surface area (Å²) in [7, 11) is 0. The number of anilines is 1. The summed E-state index contributed by atoms with van der Waals surface area (Å²) in [6.45, 7) is 3.74. The van der Waals surface area contributed by atoms with Gasteiger partial charge in [0.05, 0.1) is 28.2 Å². The summed E-state index contributed by atoms with van der Waals surface area (Å²) >= 11 is 5.96. The minimum atomic E-state index is -1.00. The molecule has 1 heterocycles. The van der Waals surface area contributed by atoms with E-state index in [2.05, 4.69) is 0 Å². The molecule has 4 rings (SSSR count). The fourth-order valence-electron chi connectivity index (χ4n) is 4.63. The first-order chi connectivity index (χ1) is 15.9. The van der Waals surface area contributed by atoms with E-state index in [0.29, 0.717) is 18.2 Å². The van der Waals surface area contributed by atoms with Crippen molar-refractivity contribution in [1.82, 2.24) is 0 Å². The van der Waals surface area contributed by atoms with Gasteiger partial charge in [-0.3, -0.25) is 19.8 Å². The lowest BCUT2D eigenvalue weighted by Gasteiger charge is -2.43. The zero-order chi connectivity index (χ0) is 24.9. The first kappa shape index (κ1) is 23.4. The molecule has 1 aliphatic heterocycles. The Morgan fingerprint density at radius 3 is 2.56 bits per heavy atom. The van der Waals surface area contributed by atoms with E-state index in [1.165, 1.54) is 29.2 Å². The average molecular weight is 485 g/mol. The van der Waals surface area contributed by atoms with Crippen LogP contribution in [0.2, 0.25) is 5.02 Å². The minimum absolute atomic E-state index is 0.0767. The lowest BCUT2D eigenvalue weighted by Crippen LogP contribution is -2.42. The predicted molar refractivity (Wildman–Crippen MR) is 122 cm³/mol. The lowest BCUT2D eigenvalue weighted by molar-refractivity contribution is -0.384. The van der Waals surface area contributed by atoms with Crippen LogP contribution in [0.3, 0.4) is 0 Å². The van der Waals surface area contributed by atoms with Gasteiger partial charge in [-0.1, -0.05) is 31.5 Å². The Morgan fingerprint density at radius 1 is 1.24 bits per heavy atom. The Hall–Kier alpha value is -3.77. The molecule has 2 aromatic rings. The monoisotopic (exact) mass is 484 g/mol. The lowest BCUT2D eigenvalue weighted by atomic mass is 9.68. The van der Waals surface area contributed by atoms with Crippen molar-refractivity contribution in [3.8, 4) is 6.07 Å². The number of halogens is 3. The number of carbonyl (C=O) groups excluding carboxylic acids is 1. The van der Waals surface area contributed by atoms with E-state index in [0.717, 1.165) is 6.07 Å². The zero-order valence-corrected chi connectivity index (χ0v) is 19.0. The second-order valence-corrected chi connectivity index (χ2v) is 9.45. The zero-order valence-electron chi connectivity index (χ0n) is 18.2. The summed E-state index contributed by atoms with van der Waals surface area (Å²) in [5.41, 5.74) is 6.17. The minimum Gasteiger partial charge on any atom is -0.384 e. The van der Waals surface area contributed by atoms with Crippen molar-refractivity contribution in [2.24, 2.45) is 11.1 Å². The number of hydrogen-bond acceptors (Lipinski definition) is 6. The van der Waals surface area contributed by atoms with E-state index in [4.69, 9.17) is 17.3 Å². The highest BCUT2D eigenvalue weighted by atomic mass is 35.5. The highest BCUT2D eigenvalue weighted by molar-refractivity contribution is 6.32. The van der Waals surface area contributed by atoms with E-state index < -0.39 is 27.9 Å². The standard InChI is InChI=1S/C24H19ClF2N4O3/c1-24(2)9-19-22(20(32)10-24)21(12-3-5-15(25)18(7-12)31(33)34)14(11-28)23(29)30(19)17-6-4-13(26)8-16(17)27/h3-8,21H,9-10,29H2,1-2H3. The Balaban J connectivity index is 2.03. The third-order valence-electron chi connectivity index (χ3n) is 6.03. The maximum Gasteiger partial charge on any atom is 0.288 e. The Kier molecular flexibility index (Phi) is 5.66. The number of nitrogens with zero attached hydrogens (tertiary/aromatic N) is 3. The van der Waals surface area contributed by atoms with Crippen molar-refractivity contribution in [2.45, 2.75) is 32.6 Å².